The van der Waals surface area contributed by atoms with Gasteiger partial charge in [0.05, 0.1) is 10.6 Å². The SMILES string of the molecule is CC(=O)N1CCc2ccc(NC(=O)c3c(F)cccc3Cl)cc2C1. The van der Waals surface area contributed by atoms with E-state index in [1.165, 1.54) is 25.1 Å². The second kappa shape index (κ2) is 6.61. The summed E-state index contributed by atoms with van der Waals surface area (Å²) >= 11 is 5.91. The average Bonchev–Trinajstić information content (AvgIpc) is 2.54. The first kappa shape index (κ1) is 16.5. The second-order valence-electron chi connectivity index (χ2n) is 5.72. The van der Waals surface area contributed by atoms with Crippen LogP contribution in [0, 0.1) is 5.82 Å². The maximum Gasteiger partial charge on any atom is 0.260 e. The van der Waals surface area contributed by atoms with E-state index in [4.69, 9.17) is 11.6 Å². The number of nitrogens with one attached hydrogen (secondary N) is 1. The zero-order chi connectivity index (χ0) is 17.3. The van der Waals surface area contributed by atoms with Crippen molar-refractivity contribution in [1.29, 1.82) is 0 Å². The molecule has 1 aliphatic heterocycles. The molecule has 0 spiro atoms. The topological polar surface area (TPSA) is 49.4 Å². The van der Waals surface area contributed by atoms with Gasteiger partial charge in [0.2, 0.25) is 5.91 Å². The summed E-state index contributed by atoms with van der Waals surface area (Å²) in [6.45, 7) is 2.74. The van der Waals surface area contributed by atoms with Crippen molar-refractivity contribution in [2.24, 2.45) is 0 Å². The van der Waals surface area contributed by atoms with Gasteiger partial charge in [-0.3, -0.25) is 9.59 Å². The van der Waals surface area contributed by atoms with Gasteiger partial charge in [0.1, 0.15) is 5.82 Å². The molecule has 0 atom stereocenters. The van der Waals surface area contributed by atoms with Crippen LogP contribution in [0.25, 0.3) is 0 Å². The minimum atomic E-state index is -0.666. The van der Waals surface area contributed by atoms with Gasteiger partial charge in [-0.05, 0) is 41.8 Å². The van der Waals surface area contributed by atoms with Crippen molar-refractivity contribution in [3.63, 3.8) is 0 Å². The van der Waals surface area contributed by atoms with Crippen molar-refractivity contribution in [2.45, 2.75) is 19.9 Å². The highest BCUT2D eigenvalue weighted by Gasteiger charge is 2.20. The molecule has 0 aliphatic carbocycles. The zero-order valence-corrected chi connectivity index (χ0v) is 13.9. The van der Waals surface area contributed by atoms with E-state index in [-0.39, 0.29) is 16.5 Å². The minimum Gasteiger partial charge on any atom is -0.338 e. The number of anilines is 1. The van der Waals surface area contributed by atoms with E-state index in [2.05, 4.69) is 5.32 Å². The van der Waals surface area contributed by atoms with Crippen molar-refractivity contribution < 1.29 is 14.0 Å². The molecular formula is C18H16ClFN2O2. The van der Waals surface area contributed by atoms with Gasteiger partial charge < -0.3 is 10.2 Å². The number of carbonyl (C=O) groups excluding carboxylic acids is 2. The average molecular weight is 347 g/mol. The third kappa shape index (κ3) is 3.26. The Morgan fingerprint density at radius 3 is 2.71 bits per heavy atom. The molecule has 3 rings (SSSR count). The molecule has 2 aromatic carbocycles. The van der Waals surface area contributed by atoms with Gasteiger partial charge in [-0.2, -0.15) is 0 Å². The Balaban J connectivity index is 1.83. The monoisotopic (exact) mass is 346 g/mol. The number of carbonyl (C=O) groups is 2. The van der Waals surface area contributed by atoms with Gasteiger partial charge in [0, 0.05) is 25.7 Å². The molecule has 124 valence electrons. The highest BCUT2D eigenvalue weighted by Crippen LogP contribution is 2.25. The molecule has 0 saturated heterocycles. The molecule has 0 unspecified atom stereocenters. The molecular weight excluding hydrogens is 331 g/mol. The smallest absolute Gasteiger partial charge is 0.260 e. The van der Waals surface area contributed by atoms with E-state index < -0.39 is 11.7 Å². The third-order valence-electron chi connectivity index (χ3n) is 4.11. The van der Waals surface area contributed by atoms with Crippen LogP contribution in [-0.4, -0.2) is 23.3 Å². The standard InChI is InChI=1S/C18H16ClFN2O2/c1-11(23)22-8-7-12-5-6-14(9-13(12)10-22)21-18(24)17-15(19)3-2-4-16(17)20/h2-6,9H,7-8,10H2,1H3,(H,21,24). The van der Waals surface area contributed by atoms with Gasteiger partial charge >= 0.3 is 0 Å². The maximum atomic E-state index is 13.8. The Hall–Kier alpha value is -2.40. The molecule has 1 aliphatic rings. The molecule has 0 saturated carbocycles. The van der Waals surface area contributed by atoms with Crippen LogP contribution < -0.4 is 5.32 Å². The van der Waals surface area contributed by atoms with Crippen LogP contribution in [0.3, 0.4) is 0 Å². The zero-order valence-electron chi connectivity index (χ0n) is 13.1. The van der Waals surface area contributed by atoms with Crippen molar-refractivity contribution in [3.8, 4) is 0 Å². The van der Waals surface area contributed by atoms with Gasteiger partial charge in [-0.25, -0.2) is 4.39 Å². The lowest BCUT2D eigenvalue weighted by Gasteiger charge is -2.28. The van der Waals surface area contributed by atoms with Crippen LogP contribution in [-0.2, 0) is 17.8 Å². The first-order chi connectivity index (χ1) is 11.5. The highest BCUT2D eigenvalue weighted by atomic mass is 35.5. The summed E-state index contributed by atoms with van der Waals surface area (Å²) in [7, 11) is 0. The number of rotatable bonds is 2. The Kier molecular flexibility index (Phi) is 4.53. The number of hydrogen-bond acceptors (Lipinski definition) is 2. The predicted molar refractivity (Wildman–Crippen MR) is 90.6 cm³/mol. The Morgan fingerprint density at radius 2 is 2.00 bits per heavy atom. The van der Waals surface area contributed by atoms with Gasteiger partial charge in [-0.1, -0.05) is 23.7 Å². The van der Waals surface area contributed by atoms with Gasteiger partial charge in [0.25, 0.3) is 5.91 Å². The molecule has 0 fully saturated rings. The lowest BCUT2D eigenvalue weighted by molar-refractivity contribution is -0.129. The van der Waals surface area contributed by atoms with Crippen molar-refractivity contribution in [1.82, 2.24) is 4.90 Å². The van der Waals surface area contributed by atoms with Crippen LogP contribution >= 0.6 is 11.6 Å². The van der Waals surface area contributed by atoms with Crippen LogP contribution in [0.2, 0.25) is 5.02 Å². The molecule has 0 aromatic heterocycles. The van der Waals surface area contributed by atoms with E-state index in [1.54, 1.807) is 11.0 Å². The quantitative estimate of drug-likeness (QED) is 0.902. The molecule has 0 radical (unpaired) electrons. The summed E-state index contributed by atoms with van der Waals surface area (Å²) in [5.74, 6) is -1.24. The summed E-state index contributed by atoms with van der Waals surface area (Å²) in [5, 5.41) is 2.73. The number of fused-ring (bicyclic) bond motifs is 1. The van der Waals surface area contributed by atoms with Gasteiger partial charge in [-0.15, -0.1) is 0 Å². The van der Waals surface area contributed by atoms with E-state index in [0.717, 1.165) is 17.5 Å². The molecule has 2 aromatic rings. The Bertz CT molecular complexity index is 802. The minimum absolute atomic E-state index is 0.0215. The lowest BCUT2D eigenvalue weighted by Crippen LogP contribution is -2.34. The van der Waals surface area contributed by atoms with Crippen LogP contribution in [0.5, 0.6) is 0 Å². The predicted octanol–water partition coefficient (Wildman–Crippen LogP) is 3.64. The largest absolute Gasteiger partial charge is 0.338 e. The molecule has 1 N–H and O–H groups in total. The summed E-state index contributed by atoms with van der Waals surface area (Å²) in [5.41, 5.74) is 2.49. The fourth-order valence-corrected chi connectivity index (χ4v) is 3.06. The maximum absolute atomic E-state index is 13.8. The van der Waals surface area contributed by atoms with E-state index in [0.29, 0.717) is 18.8 Å². The Labute approximate surface area is 144 Å². The van der Waals surface area contributed by atoms with E-state index in [1.807, 2.05) is 12.1 Å². The number of halogens is 2. The molecule has 6 heteroatoms. The molecule has 1 heterocycles. The second-order valence-corrected chi connectivity index (χ2v) is 6.13. The molecule has 0 bridgehead atoms. The normalized spacial score (nSPS) is 13.4. The number of amides is 2. The number of hydrogen-bond donors (Lipinski definition) is 1. The van der Waals surface area contributed by atoms with Gasteiger partial charge in [0.15, 0.2) is 0 Å². The van der Waals surface area contributed by atoms with Crippen molar-refractivity contribution in [2.75, 3.05) is 11.9 Å². The summed E-state index contributed by atoms with van der Waals surface area (Å²) in [6.07, 6.45) is 0.780. The molecule has 24 heavy (non-hydrogen) atoms. The number of nitrogens with zero attached hydrogens (tertiary/aromatic N) is 1. The summed E-state index contributed by atoms with van der Waals surface area (Å²) in [4.78, 5) is 25.6. The Morgan fingerprint density at radius 1 is 1.21 bits per heavy atom. The van der Waals surface area contributed by atoms with E-state index in [9.17, 15) is 14.0 Å². The van der Waals surface area contributed by atoms with Crippen molar-refractivity contribution >= 4 is 29.1 Å². The van der Waals surface area contributed by atoms with Crippen LogP contribution in [0.1, 0.15) is 28.4 Å². The summed E-state index contributed by atoms with van der Waals surface area (Å²) in [6, 6.07) is 9.62. The molecule has 2 amide bonds. The first-order valence-corrected chi connectivity index (χ1v) is 7.96. The van der Waals surface area contributed by atoms with E-state index >= 15 is 0 Å². The van der Waals surface area contributed by atoms with Crippen LogP contribution in [0.4, 0.5) is 10.1 Å². The first-order valence-electron chi connectivity index (χ1n) is 7.58. The number of benzene rings is 2. The summed E-state index contributed by atoms with van der Waals surface area (Å²) < 4.78 is 13.8. The molecule has 4 nitrogen and oxygen atoms in total. The fourth-order valence-electron chi connectivity index (χ4n) is 2.81. The lowest BCUT2D eigenvalue weighted by atomic mass is 9.99. The van der Waals surface area contributed by atoms with Crippen LogP contribution in [0.15, 0.2) is 36.4 Å². The van der Waals surface area contributed by atoms with Crippen molar-refractivity contribution in [3.05, 3.63) is 63.9 Å². The third-order valence-corrected chi connectivity index (χ3v) is 4.43. The highest BCUT2D eigenvalue weighted by molar-refractivity contribution is 6.34. The fraction of sp³-hybridized carbons (Fsp3) is 0.222.